The van der Waals surface area contributed by atoms with Gasteiger partial charge in [-0.15, -0.1) is 0 Å². The lowest BCUT2D eigenvalue weighted by molar-refractivity contribution is 0.0697. The van der Waals surface area contributed by atoms with Crippen LogP contribution in [-0.2, 0) is 18.3 Å². The zero-order valence-corrected chi connectivity index (χ0v) is 15.7. The van der Waals surface area contributed by atoms with Gasteiger partial charge in [0.1, 0.15) is 0 Å². The van der Waals surface area contributed by atoms with E-state index < -0.39 is 5.97 Å². The number of rotatable bonds is 5. The zero-order valence-electron chi connectivity index (χ0n) is 15.7. The number of aromatic carboxylic acids is 1. The van der Waals surface area contributed by atoms with Gasteiger partial charge in [0.15, 0.2) is 0 Å². The molecule has 0 atom stereocenters. The molecule has 0 bridgehead atoms. The van der Waals surface area contributed by atoms with Crippen LogP contribution < -0.4 is 4.90 Å². The molecule has 2 aromatic rings. The molecule has 136 valence electrons. The Balaban J connectivity index is 1.52. The average Bonchev–Trinajstić information content (AvgIpc) is 3.45. The molecule has 2 aromatic carbocycles. The Bertz CT molecular complexity index is 819. The minimum atomic E-state index is -0.867. The molecule has 0 spiro atoms. The van der Waals surface area contributed by atoms with Gasteiger partial charge in [0.25, 0.3) is 0 Å². The summed E-state index contributed by atoms with van der Waals surface area (Å²) in [5.41, 5.74) is 6.08. The molecular formula is C23H27NO2. The van der Waals surface area contributed by atoms with Crippen LogP contribution in [0.25, 0.3) is 0 Å². The van der Waals surface area contributed by atoms with Crippen molar-refractivity contribution >= 4 is 11.7 Å². The molecule has 1 aliphatic heterocycles. The summed E-state index contributed by atoms with van der Waals surface area (Å²) in [6.45, 7) is 5.91. The lowest BCUT2D eigenvalue weighted by Gasteiger charge is -2.41. The normalized spacial score (nSPS) is 18.5. The first-order valence-corrected chi connectivity index (χ1v) is 9.66. The summed E-state index contributed by atoms with van der Waals surface area (Å²) in [5, 5.41) is 9.01. The quantitative estimate of drug-likeness (QED) is 0.841. The van der Waals surface area contributed by atoms with Gasteiger partial charge < -0.3 is 10.0 Å². The van der Waals surface area contributed by atoms with Crippen LogP contribution in [0.2, 0.25) is 0 Å². The van der Waals surface area contributed by atoms with Crippen LogP contribution in [0, 0.1) is 0 Å². The molecule has 2 aliphatic rings. The van der Waals surface area contributed by atoms with Gasteiger partial charge in [-0.2, -0.15) is 0 Å². The molecular weight excluding hydrogens is 322 g/mol. The second kappa shape index (κ2) is 6.46. The monoisotopic (exact) mass is 349 g/mol. The highest BCUT2D eigenvalue weighted by Crippen LogP contribution is 2.44. The van der Waals surface area contributed by atoms with Crippen molar-refractivity contribution in [3.05, 3.63) is 64.7 Å². The van der Waals surface area contributed by atoms with Crippen molar-refractivity contribution in [2.24, 2.45) is 0 Å². The van der Waals surface area contributed by atoms with Gasteiger partial charge >= 0.3 is 5.97 Å². The highest BCUT2D eigenvalue weighted by atomic mass is 16.4. The first-order valence-electron chi connectivity index (χ1n) is 9.66. The van der Waals surface area contributed by atoms with Crippen molar-refractivity contribution in [1.82, 2.24) is 0 Å². The number of carbonyl (C=O) groups is 1. The molecule has 3 nitrogen and oxygen atoms in total. The van der Waals surface area contributed by atoms with E-state index in [9.17, 15) is 4.79 Å². The number of hydrogen-bond acceptors (Lipinski definition) is 2. The molecule has 0 aromatic heterocycles. The number of aryl methyl sites for hydroxylation is 2. The maximum Gasteiger partial charge on any atom is 0.335 e. The van der Waals surface area contributed by atoms with Gasteiger partial charge in [-0.05, 0) is 72.4 Å². The van der Waals surface area contributed by atoms with E-state index in [0.29, 0.717) is 5.56 Å². The largest absolute Gasteiger partial charge is 0.478 e. The Labute approximate surface area is 155 Å². The van der Waals surface area contributed by atoms with E-state index in [0.717, 1.165) is 18.9 Å². The molecule has 1 fully saturated rings. The van der Waals surface area contributed by atoms with Crippen molar-refractivity contribution in [3.8, 4) is 0 Å². The van der Waals surface area contributed by atoms with Crippen LogP contribution in [0.1, 0.15) is 60.2 Å². The van der Waals surface area contributed by atoms with Crippen molar-refractivity contribution < 1.29 is 9.90 Å². The molecule has 1 saturated carbocycles. The van der Waals surface area contributed by atoms with E-state index >= 15 is 0 Å². The Hall–Kier alpha value is -2.29. The molecule has 1 aliphatic carbocycles. The SMILES string of the molecule is CC1(C)CCN(C2CC2)c2ccc(CCc3ccc(C(=O)O)cc3)cc21. The first kappa shape index (κ1) is 17.1. The van der Waals surface area contributed by atoms with Gasteiger partial charge in [0.2, 0.25) is 0 Å². The van der Waals surface area contributed by atoms with Crippen molar-refractivity contribution in [3.63, 3.8) is 0 Å². The Morgan fingerprint density at radius 1 is 1.08 bits per heavy atom. The van der Waals surface area contributed by atoms with Crippen LogP contribution >= 0.6 is 0 Å². The second-order valence-corrected chi connectivity index (χ2v) is 8.41. The summed E-state index contributed by atoms with van der Waals surface area (Å²) in [5.74, 6) is -0.867. The van der Waals surface area contributed by atoms with Crippen LogP contribution in [0.4, 0.5) is 5.69 Å². The Morgan fingerprint density at radius 3 is 2.38 bits per heavy atom. The van der Waals surface area contributed by atoms with Crippen LogP contribution in [0.3, 0.4) is 0 Å². The van der Waals surface area contributed by atoms with Crippen LogP contribution in [-0.4, -0.2) is 23.7 Å². The predicted octanol–water partition coefficient (Wildman–Crippen LogP) is 4.82. The number of hydrogen-bond donors (Lipinski definition) is 1. The van der Waals surface area contributed by atoms with Crippen LogP contribution in [0.5, 0.6) is 0 Å². The molecule has 4 rings (SSSR count). The molecule has 0 amide bonds. The fraction of sp³-hybridized carbons (Fsp3) is 0.435. The minimum absolute atomic E-state index is 0.236. The number of carboxylic acid groups (broad SMARTS) is 1. The smallest absolute Gasteiger partial charge is 0.335 e. The predicted molar refractivity (Wildman–Crippen MR) is 105 cm³/mol. The third-order valence-corrected chi connectivity index (χ3v) is 5.97. The summed E-state index contributed by atoms with van der Waals surface area (Å²) in [7, 11) is 0. The highest BCUT2D eigenvalue weighted by molar-refractivity contribution is 5.87. The van der Waals surface area contributed by atoms with E-state index in [1.807, 2.05) is 12.1 Å². The van der Waals surface area contributed by atoms with Gasteiger partial charge in [-0.3, -0.25) is 0 Å². The molecule has 0 radical (unpaired) electrons. The topological polar surface area (TPSA) is 40.5 Å². The maximum atomic E-state index is 11.0. The molecule has 0 unspecified atom stereocenters. The highest BCUT2D eigenvalue weighted by Gasteiger charge is 2.37. The number of carboxylic acids is 1. The fourth-order valence-corrected chi connectivity index (χ4v) is 4.05. The first-order chi connectivity index (χ1) is 12.4. The third-order valence-electron chi connectivity index (χ3n) is 5.97. The summed E-state index contributed by atoms with van der Waals surface area (Å²) < 4.78 is 0. The molecule has 0 saturated heterocycles. The average molecular weight is 349 g/mol. The molecule has 1 heterocycles. The van der Waals surface area contributed by atoms with E-state index in [4.69, 9.17) is 5.11 Å². The van der Waals surface area contributed by atoms with Crippen molar-refractivity contribution in [2.75, 3.05) is 11.4 Å². The zero-order chi connectivity index (χ0) is 18.3. The lowest BCUT2D eigenvalue weighted by Crippen LogP contribution is -2.38. The van der Waals surface area contributed by atoms with E-state index in [2.05, 4.69) is 36.9 Å². The number of anilines is 1. The lowest BCUT2D eigenvalue weighted by atomic mass is 9.76. The van der Waals surface area contributed by atoms with Gasteiger partial charge in [0.05, 0.1) is 5.56 Å². The maximum absolute atomic E-state index is 11.0. The van der Waals surface area contributed by atoms with E-state index in [1.54, 1.807) is 12.1 Å². The van der Waals surface area contributed by atoms with Gasteiger partial charge in [-0.25, -0.2) is 4.79 Å². The molecule has 26 heavy (non-hydrogen) atoms. The summed E-state index contributed by atoms with van der Waals surface area (Å²) in [4.78, 5) is 13.6. The number of nitrogens with zero attached hydrogens (tertiary/aromatic N) is 1. The fourth-order valence-electron chi connectivity index (χ4n) is 4.05. The van der Waals surface area contributed by atoms with E-state index in [1.165, 1.54) is 48.2 Å². The summed E-state index contributed by atoms with van der Waals surface area (Å²) >= 11 is 0. The summed E-state index contributed by atoms with van der Waals surface area (Å²) in [6.07, 6.45) is 5.82. The van der Waals surface area contributed by atoms with Gasteiger partial charge in [0, 0.05) is 18.3 Å². The third kappa shape index (κ3) is 3.35. The Kier molecular flexibility index (Phi) is 4.26. The van der Waals surface area contributed by atoms with Gasteiger partial charge in [-0.1, -0.05) is 38.1 Å². The Morgan fingerprint density at radius 2 is 1.73 bits per heavy atom. The summed E-state index contributed by atoms with van der Waals surface area (Å²) in [6, 6.07) is 15.0. The second-order valence-electron chi connectivity index (χ2n) is 8.41. The van der Waals surface area contributed by atoms with E-state index in [-0.39, 0.29) is 5.41 Å². The molecule has 3 heteroatoms. The molecule has 1 N–H and O–H groups in total. The van der Waals surface area contributed by atoms with Crippen LogP contribution in [0.15, 0.2) is 42.5 Å². The number of fused-ring (bicyclic) bond motifs is 1. The standard InChI is InChI=1S/C23H27NO2/c1-23(2)13-14-24(19-10-11-19)21-12-7-17(15-20(21)23)4-3-16-5-8-18(9-6-16)22(25)26/h5-9,12,15,19H,3-4,10-11,13-14H2,1-2H3,(H,25,26). The number of benzene rings is 2. The van der Waals surface area contributed by atoms with Crippen molar-refractivity contribution in [1.29, 1.82) is 0 Å². The minimum Gasteiger partial charge on any atom is -0.478 e. The van der Waals surface area contributed by atoms with Crippen molar-refractivity contribution in [2.45, 2.75) is 57.4 Å².